The zero-order valence-electron chi connectivity index (χ0n) is 12.4. The van der Waals surface area contributed by atoms with E-state index >= 15 is 0 Å². The van der Waals surface area contributed by atoms with Gasteiger partial charge < -0.3 is 10.2 Å². The molecule has 0 bridgehead atoms. The quantitative estimate of drug-likeness (QED) is 0.798. The van der Waals surface area contributed by atoms with Crippen LogP contribution in [0.4, 0.5) is 0 Å². The standard InChI is InChI=1S/C13H26N2.C2H6/c1-12(2)11-15-9-5-13(6-10-15)3-7-14-8-4-13;1-2/h12,14H,3-11H2,1-2H3;1-2H3. The third kappa shape index (κ3) is 4.59. The van der Waals surface area contributed by atoms with E-state index in [1.807, 2.05) is 13.8 Å². The van der Waals surface area contributed by atoms with E-state index in [9.17, 15) is 0 Å². The predicted octanol–water partition coefficient (Wildman–Crippen LogP) is 3.13. The number of nitrogens with zero attached hydrogens (tertiary/aromatic N) is 1. The first kappa shape index (κ1) is 15.0. The van der Waals surface area contributed by atoms with E-state index in [1.165, 1.54) is 58.4 Å². The van der Waals surface area contributed by atoms with Crippen LogP contribution in [0.1, 0.15) is 53.4 Å². The number of likely N-dealkylation sites (tertiary alicyclic amines) is 1. The third-order valence-electron chi connectivity index (χ3n) is 4.20. The zero-order valence-corrected chi connectivity index (χ0v) is 12.4. The van der Waals surface area contributed by atoms with E-state index in [0.29, 0.717) is 0 Å². The third-order valence-corrected chi connectivity index (χ3v) is 4.20. The van der Waals surface area contributed by atoms with Gasteiger partial charge in [0.15, 0.2) is 0 Å². The highest BCUT2D eigenvalue weighted by Gasteiger charge is 2.35. The fourth-order valence-electron chi connectivity index (χ4n) is 3.18. The molecule has 2 fully saturated rings. The Morgan fingerprint density at radius 3 is 2.00 bits per heavy atom. The van der Waals surface area contributed by atoms with Crippen molar-refractivity contribution >= 4 is 0 Å². The Bertz CT molecular complexity index is 185. The number of hydrogen-bond acceptors (Lipinski definition) is 2. The van der Waals surface area contributed by atoms with Crippen LogP contribution in [-0.4, -0.2) is 37.6 Å². The van der Waals surface area contributed by atoms with Crippen molar-refractivity contribution in [3.05, 3.63) is 0 Å². The molecule has 0 aliphatic carbocycles. The molecule has 102 valence electrons. The van der Waals surface area contributed by atoms with Crippen LogP contribution in [0.15, 0.2) is 0 Å². The summed E-state index contributed by atoms with van der Waals surface area (Å²) in [7, 11) is 0. The second-order valence-electron chi connectivity index (χ2n) is 5.94. The van der Waals surface area contributed by atoms with Crippen molar-refractivity contribution in [3.8, 4) is 0 Å². The Morgan fingerprint density at radius 1 is 1.00 bits per heavy atom. The second kappa shape index (κ2) is 7.38. The molecule has 0 radical (unpaired) electrons. The molecule has 0 atom stereocenters. The molecule has 0 aromatic heterocycles. The van der Waals surface area contributed by atoms with Gasteiger partial charge in [0, 0.05) is 6.54 Å². The lowest BCUT2D eigenvalue weighted by atomic mass is 9.71. The van der Waals surface area contributed by atoms with Crippen LogP contribution in [-0.2, 0) is 0 Å². The topological polar surface area (TPSA) is 15.3 Å². The summed E-state index contributed by atoms with van der Waals surface area (Å²) >= 11 is 0. The first-order valence-corrected chi connectivity index (χ1v) is 7.63. The maximum Gasteiger partial charge on any atom is 0.000439 e. The molecule has 2 saturated heterocycles. The lowest BCUT2D eigenvalue weighted by Crippen LogP contribution is -2.46. The van der Waals surface area contributed by atoms with Crippen LogP contribution in [0, 0.1) is 11.3 Å². The Labute approximate surface area is 108 Å². The van der Waals surface area contributed by atoms with Gasteiger partial charge in [0.05, 0.1) is 0 Å². The van der Waals surface area contributed by atoms with Crippen molar-refractivity contribution < 1.29 is 0 Å². The minimum atomic E-state index is 0.721. The number of rotatable bonds is 2. The van der Waals surface area contributed by atoms with Gasteiger partial charge in [-0.15, -0.1) is 0 Å². The summed E-state index contributed by atoms with van der Waals surface area (Å²) in [6.07, 6.45) is 5.73. The smallest absolute Gasteiger partial charge is 0.000439 e. The summed E-state index contributed by atoms with van der Waals surface area (Å²) in [5.74, 6) is 0.826. The van der Waals surface area contributed by atoms with Crippen molar-refractivity contribution in [2.24, 2.45) is 11.3 Å². The van der Waals surface area contributed by atoms with Gasteiger partial charge in [-0.25, -0.2) is 0 Å². The average Bonchev–Trinajstić information content (AvgIpc) is 2.36. The zero-order chi connectivity index (χ0) is 12.7. The molecule has 2 nitrogen and oxygen atoms in total. The van der Waals surface area contributed by atoms with Crippen molar-refractivity contribution in [1.29, 1.82) is 0 Å². The molecule has 0 saturated carbocycles. The fraction of sp³-hybridized carbons (Fsp3) is 1.00. The summed E-state index contributed by atoms with van der Waals surface area (Å²) in [5.41, 5.74) is 0.721. The predicted molar refractivity (Wildman–Crippen MR) is 76.4 cm³/mol. The van der Waals surface area contributed by atoms with Gasteiger partial charge in [-0.05, 0) is 63.2 Å². The molecule has 0 unspecified atom stereocenters. The minimum Gasteiger partial charge on any atom is -0.317 e. The molecule has 2 heterocycles. The van der Waals surface area contributed by atoms with Crippen molar-refractivity contribution in [1.82, 2.24) is 10.2 Å². The van der Waals surface area contributed by atoms with Gasteiger partial charge >= 0.3 is 0 Å². The lowest BCUT2D eigenvalue weighted by molar-refractivity contribution is 0.0680. The van der Waals surface area contributed by atoms with Crippen LogP contribution in [0.25, 0.3) is 0 Å². The summed E-state index contributed by atoms with van der Waals surface area (Å²) in [6.45, 7) is 15.2. The largest absolute Gasteiger partial charge is 0.317 e. The average molecular weight is 240 g/mol. The molecule has 2 aliphatic heterocycles. The molecule has 1 N–H and O–H groups in total. The summed E-state index contributed by atoms with van der Waals surface area (Å²) < 4.78 is 0. The summed E-state index contributed by atoms with van der Waals surface area (Å²) in [5, 5.41) is 3.49. The Balaban J connectivity index is 0.000000686. The number of nitrogens with one attached hydrogen (secondary N) is 1. The first-order chi connectivity index (χ1) is 8.20. The highest BCUT2D eigenvalue weighted by atomic mass is 15.1. The molecule has 2 rings (SSSR count). The van der Waals surface area contributed by atoms with E-state index in [4.69, 9.17) is 0 Å². The van der Waals surface area contributed by atoms with Gasteiger partial charge in [-0.1, -0.05) is 27.7 Å². The molecule has 0 aromatic carbocycles. The minimum absolute atomic E-state index is 0.721. The summed E-state index contributed by atoms with van der Waals surface area (Å²) in [4.78, 5) is 2.66. The van der Waals surface area contributed by atoms with Crippen molar-refractivity contribution in [2.75, 3.05) is 32.7 Å². The first-order valence-electron chi connectivity index (χ1n) is 7.63. The van der Waals surface area contributed by atoms with Crippen LogP contribution in [0.2, 0.25) is 0 Å². The number of hydrogen-bond donors (Lipinski definition) is 1. The molecule has 2 heteroatoms. The van der Waals surface area contributed by atoms with Crippen LogP contribution >= 0.6 is 0 Å². The van der Waals surface area contributed by atoms with Gasteiger partial charge in [-0.2, -0.15) is 0 Å². The van der Waals surface area contributed by atoms with Gasteiger partial charge in [0.1, 0.15) is 0 Å². The van der Waals surface area contributed by atoms with Crippen LogP contribution < -0.4 is 5.32 Å². The normalized spacial score (nSPS) is 24.5. The number of piperidine rings is 2. The molecular weight excluding hydrogens is 208 g/mol. The van der Waals surface area contributed by atoms with E-state index in [1.54, 1.807) is 0 Å². The van der Waals surface area contributed by atoms with E-state index in [2.05, 4.69) is 24.1 Å². The highest BCUT2D eigenvalue weighted by molar-refractivity contribution is 4.89. The maximum absolute atomic E-state index is 3.49. The molecule has 0 aromatic rings. The van der Waals surface area contributed by atoms with Gasteiger partial charge in [0.2, 0.25) is 0 Å². The molecular formula is C15H32N2. The second-order valence-corrected chi connectivity index (χ2v) is 5.94. The SMILES string of the molecule is CC.CC(C)CN1CCC2(CCNCC2)CC1. The molecule has 0 amide bonds. The highest BCUT2D eigenvalue weighted by Crippen LogP contribution is 2.39. The molecule has 2 aliphatic rings. The maximum atomic E-state index is 3.49. The monoisotopic (exact) mass is 240 g/mol. The van der Waals surface area contributed by atoms with Crippen molar-refractivity contribution in [2.45, 2.75) is 53.4 Å². The Hall–Kier alpha value is -0.0800. The Kier molecular flexibility index (Phi) is 6.50. The Morgan fingerprint density at radius 2 is 1.53 bits per heavy atom. The van der Waals surface area contributed by atoms with E-state index in [0.717, 1.165) is 11.3 Å². The fourth-order valence-corrected chi connectivity index (χ4v) is 3.18. The molecule has 1 spiro atoms. The molecule has 17 heavy (non-hydrogen) atoms. The van der Waals surface area contributed by atoms with Crippen molar-refractivity contribution in [3.63, 3.8) is 0 Å². The van der Waals surface area contributed by atoms with E-state index in [-0.39, 0.29) is 0 Å². The summed E-state index contributed by atoms with van der Waals surface area (Å²) in [6, 6.07) is 0. The van der Waals surface area contributed by atoms with Gasteiger partial charge in [0.25, 0.3) is 0 Å². The van der Waals surface area contributed by atoms with E-state index < -0.39 is 0 Å². The lowest BCUT2D eigenvalue weighted by Gasteiger charge is -2.44. The van der Waals surface area contributed by atoms with Gasteiger partial charge in [-0.3, -0.25) is 0 Å². The van der Waals surface area contributed by atoms with Crippen LogP contribution in [0.3, 0.4) is 0 Å². The van der Waals surface area contributed by atoms with Crippen LogP contribution in [0.5, 0.6) is 0 Å².